The molecule has 20 heavy (non-hydrogen) atoms. The van der Waals surface area contributed by atoms with Crippen LogP contribution in [0.5, 0.6) is 0 Å². The molecule has 0 radical (unpaired) electrons. The average Bonchev–Trinajstić information content (AvgIpc) is 3.31. The summed E-state index contributed by atoms with van der Waals surface area (Å²) in [5.74, 6) is 0.294. The number of carbonyl (C=O) groups is 1. The largest absolute Gasteiger partial charge is 0.334 e. The predicted molar refractivity (Wildman–Crippen MR) is 83.4 cm³/mol. The number of amides is 1. The first-order chi connectivity index (χ1) is 9.75. The van der Waals surface area contributed by atoms with E-state index in [0.29, 0.717) is 11.9 Å². The monoisotopic (exact) mass is 336 g/mol. The first-order valence-electron chi connectivity index (χ1n) is 7.53. The molecular formula is C16H21BrN2O. The Kier molecular flexibility index (Phi) is 4.41. The van der Waals surface area contributed by atoms with Crippen LogP contribution in [0.25, 0.3) is 0 Å². The number of halogens is 1. The summed E-state index contributed by atoms with van der Waals surface area (Å²) < 4.78 is 1.09. The van der Waals surface area contributed by atoms with E-state index in [1.165, 1.54) is 12.0 Å². The molecule has 3 nitrogen and oxygen atoms in total. The molecule has 1 aromatic rings. The maximum atomic E-state index is 12.7. The molecule has 4 heteroatoms. The lowest BCUT2D eigenvalue weighted by Gasteiger charge is -2.30. The second-order valence-corrected chi connectivity index (χ2v) is 6.65. The molecule has 0 unspecified atom stereocenters. The quantitative estimate of drug-likeness (QED) is 0.916. The van der Waals surface area contributed by atoms with Crippen LogP contribution in [0, 0.1) is 0 Å². The average molecular weight is 337 g/mol. The van der Waals surface area contributed by atoms with Crippen molar-refractivity contribution in [1.82, 2.24) is 10.2 Å². The molecule has 1 aliphatic carbocycles. The molecule has 1 aromatic carbocycles. The van der Waals surface area contributed by atoms with Gasteiger partial charge in [0.25, 0.3) is 0 Å². The third kappa shape index (κ3) is 3.23. The molecule has 1 N–H and O–H groups in total. The molecule has 1 heterocycles. The molecule has 108 valence electrons. The van der Waals surface area contributed by atoms with E-state index in [1.54, 1.807) is 0 Å². The fourth-order valence-corrected chi connectivity index (χ4v) is 3.26. The molecule has 0 spiro atoms. The number of rotatable bonds is 4. The normalized spacial score (nSPS) is 22.6. The minimum atomic E-state index is 0.0341. The van der Waals surface area contributed by atoms with E-state index in [9.17, 15) is 4.79 Å². The third-order valence-electron chi connectivity index (χ3n) is 4.18. The first kappa shape index (κ1) is 14.1. The van der Waals surface area contributed by atoms with Crippen molar-refractivity contribution in [3.05, 3.63) is 34.3 Å². The van der Waals surface area contributed by atoms with E-state index < -0.39 is 0 Å². The number of piperidine rings is 1. The summed E-state index contributed by atoms with van der Waals surface area (Å²) >= 11 is 3.59. The van der Waals surface area contributed by atoms with Gasteiger partial charge in [0.15, 0.2) is 0 Å². The van der Waals surface area contributed by atoms with E-state index in [2.05, 4.69) is 32.2 Å². The Morgan fingerprint density at radius 1 is 1.25 bits per heavy atom. The molecule has 1 aliphatic heterocycles. The molecule has 1 saturated carbocycles. The highest BCUT2D eigenvalue weighted by Crippen LogP contribution is 2.31. The Balaban J connectivity index is 1.72. The molecule has 0 bridgehead atoms. The van der Waals surface area contributed by atoms with Crippen LogP contribution in [0.2, 0.25) is 0 Å². The summed E-state index contributed by atoms with van der Waals surface area (Å²) in [5, 5.41) is 3.38. The fraction of sp³-hybridized carbons (Fsp3) is 0.562. The van der Waals surface area contributed by atoms with E-state index in [-0.39, 0.29) is 6.04 Å². The van der Waals surface area contributed by atoms with Crippen molar-refractivity contribution in [1.29, 1.82) is 0 Å². The Hall–Kier alpha value is -0.870. The zero-order chi connectivity index (χ0) is 13.9. The van der Waals surface area contributed by atoms with Gasteiger partial charge in [0.1, 0.15) is 0 Å². The van der Waals surface area contributed by atoms with Gasteiger partial charge in [-0.15, -0.1) is 0 Å². The van der Waals surface area contributed by atoms with Gasteiger partial charge in [0.2, 0.25) is 5.91 Å². The van der Waals surface area contributed by atoms with Gasteiger partial charge in [0.05, 0.1) is 6.04 Å². The summed E-state index contributed by atoms with van der Waals surface area (Å²) in [6, 6.07) is 8.68. The van der Waals surface area contributed by atoms with Crippen LogP contribution in [0.15, 0.2) is 28.7 Å². The van der Waals surface area contributed by atoms with Crippen molar-refractivity contribution < 1.29 is 4.79 Å². The van der Waals surface area contributed by atoms with Crippen molar-refractivity contribution in [2.45, 2.75) is 50.7 Å². The van der Waals surface area contributed by atoms with Crippen LogP contribution in [-0.2, 0) is 11.3 Å². The van der Waals surface area contributed by atoms with Gasteiger partial charge in [-0.05, 0) is 43.9 Å². The van der Waals surface area contributed by atoms with Crippen LogP contribution in [0.3, 0.4) is 0 Å². The van der Waals surface area contributed by atoms with Gasteiger partial charge in [-0.2, -0.15) is 0 Å². The highest BCUT2D eigenvalue weighted by atomic mass is 79.9. The smallest absolute Gasteiger partial charge is 0.240 e. The number of hydrogen-bond acceptors (Lipinski definition) is 2. The lowest BCUT2D eigenvalue weighted by atomic mass is 10.0. The van der Waals surface area contributed by atoms with Gasteiger partial charge in [-0.25, -0.2) is 0 Å². The predicted octanol–water partition coefficient (Wildman–Crippen LogP) is 3.08. The maximum Gasteiger partial charge on any atom is 0.240 e. The van der Waals surface area contributed by atoms with Gasteiger partial charge in [0, 0.05) is 17.1 Å². The second-order valence-electron chi connectivity index (χ2n) is 5.79. The van der Waals surface area contributed by atoms with Crippen molar-refractivity contribution >= 4 is 21.8 Å². The second kappa shape index (κ2) is 6.27. The van der Waals surface area contributed by atoms with E-state index in [0.717, 1.165) is 43.2 Å². The third-order valence-corrected chi connectivity index (χ3v) is 4.95. The zero-order valence-electron chi connectivity index (χ0n) is 11.6. The van der Waals surface area contributed by atoms with E-state index in [1.807, 2.05) is 18.2 Å². The summed E-state index contributed by atoms with van der Waals surface area (Å²) in [6.07, 6.45) is 5.65. The lowest BCUT2D eigenvalue weighted by Crippen LogP contribution is -2.49. The van der Waals surface area contributed by atoms with Crippen LogP contribution in [-0.4, -0.2) is 29.4 Å². The number of nitrogens with one attached hydrogen (secondary N) is 1. The zero-order valence-corrected chi connectivity index (χ0v) is 13.2. The van der Waals surface area contributed by atoms with Crippen molar-refractivity contribution in [2.24, 2.45) is 0 Å². The molecule has 2 fully saturated rings. The molecular weight excluding hydrogens is 316 g/mol. The Morgan fingerprint density at radius 3 is 2.70 bits per heavy atom. The number of hydrogen-bond donors (Lipinski definition) is 1. The van der Waals surface area contributed by atoms with Crippen LogP contribution in [0.1, 0.15) is 37.7 Å². The van der Waals surface area contributed by atoms with Crippen LogP contribution >= 0.6 is 15.9 Å². The topological polar surface area (TPSA) is 32.3 Å². The Labute approximate surface area is 128 Å². The number of benzene rings is 1. The number of nitrogens with zero attached hydrogens (tertiary/aromatic N) is 1. The fourth-order valence-electron chi connectivity index (χ4n) is 2.85. The first-order valence-corrected chi connectivity index (χ1v) is 8.32. The Bertz CT molecular complexity index is 481. The van der Waals surface area contributed by atoms with Gasteiger partial charge in [-0.3, -0.25) is 4.79 Å². The minimum absolute atomic E-state index is 0.0341. The van der Waals surface area contributed by atoms with Crippen molar-refractivity contribution in [2.75, 3.05) is 6.54 Å². The SMILES string of the molecule is O=C([C@@H]1CCCCN1)N(Cc1ccccc1Br)C1CC1. The van der Waals surface area contributed by atoms with Gasteiger partial charge >= 0.3 is 0 Å². The minimum Gasteiger partial charge on any atom is -0.334 e. The number of carbonyl (C=O) groups excluding carboxylic acids is 1. The lowest BCUT2D eigenvalue weighted by molar-refractivity contribution is -0.135. The van der Waals surface area contributed by atoms with Crippen LogP contribution in [0.4, 0.5) is 0 Å². The molecule has 3 rings (SSSR count). The highest BCUT2D eigenvalue weighted by molar-refractivity contribution is 9.10. The van der Waals surface area contributed by atoms with E-state index in [4.69, 9.17) is 0 Å². The maximum absolute atomic E-state index is 12.7. The standard InChI is InChI=1S/C16H21BrN2O/c17-14-6-2-1-5-12(14)11-19(13-8-9-13)16(20)15-7-3-4-10-18-15/h1-2,5-6,13,15,18H,3-4,7-11H2/t15-/m0/s1. The Morgan fingerprint density at radius 2 is 2.05 bits per heavy atom. The summed E-state index contributed by atoms with van der Waals surface area (Å²) in [7, 11) is 0. The van der Waals surface area contributed by atoms with Crippen LogP contribution < -0.4 is 5.32 Å². The van der Waals surface area contributed by atoms with Crippen molar-refractivity contribution in [3.63, 3.8) is 0 Å². The van der Waals surface area contributed by atoms with Gasteiger partial charge < -0.3 is 10.2 Å². The molecule has 1 amide bonds. The summed E-state index contributed by atoms with van der Waals surface area (Å²) in [5.41, 5.74) is 1.20. The molecule has 1 saturated heterocycles. The summed E-state index contributed by atoms with van der Waals surface area (Å²) in [4.78, 5) is 14.8. The molecule has 2 aliphatic rings. The van der Waals surface area contributed by atoms with E-state index >= 15 is 0 Å². The van der Waals surface area contributed by atoms with Crippen molar-refractivity contribution in [3.8, 4) is 0 Å². The molecule has 1 atom stereocenters. The molecule has 0 aromatic heterocycles. The highest BCUT2D eigenvalue weighted by Gasteiger charge is 2.36. The van der Waals surface area contributed by atoms with Gasteiger partial charge in [-0.1, -0.05) is 40.5 Å². The summed E-state index contributed by atoms with van der Waals surface area (Å²) in [6.45, 7) is 1.70.